The normalized spacial score (nSPS) is 19.0. The van der Waals surface area contributed by atoms with Gasteiger partial charge in [0.25, 0.3) is 0 Å². The number of hydrogen-bond donors (Lipinski definition) is 0. The predicted molar refractivity (Wildman–Crippen MR) is 90.2 cm³/mol. The molecule has 4 heteroatoms. The lowest BCUT2D eigenvalue weighted by atomic mass is 10.0. The Labute approximate surface area is 137 Å². The molecule has 122 valence electrons. The van der Waals surface area contributed by atoms with Crippen molar-refractivity contribution in [1.82, 2.24) is 9.80 Å². The second-order valence-electron chi connectivity index (χ2n) is 6.72. The van der Waals surface area contributed by atoms with Crippen LogP contribution in [-0.4, -0.2) is 41.9 Å². The van der Waals surface area contributed by atoms with E-state index in [9.17, 15) is 4.79 Å². The van der Waals surface area contributed by atoms with Gasteiger partial charge in [0.05, 0.1) is 0 Å². The first-order chi connectivity index (χ1) is 11.3. The summed E-state index contributed by atoms with van der Waals surface area (Å²) in [5, 5.41) is 1.16. The minimum atomic E-state index is 0.284. The van der Waals surface area contributed by atoms with E-state index in [-0.39, 0.29) is 5.91 Å². The van der Waals surface area contributed by atoms with Crippen LogP contribution in [0.3, 0.4) is 0 Å². The number of piperidine rings is 1. The van der Waals surface area contributed by atoms with Crippen molar-refractivity contribution in [3.63, 3.8) is 0 Å². The van der Waals surface area contributed by atoms with E-state index in [1.54, 1.807) is 0 Å². The largest absolute Gasteiger partial charge is 0.461 e. The fourth-order valence-corrected chi connectivity index (χ4v) is 3.84. The van der Waals surface area contributed by atoms with Gasteiger partial charge in [-0.15, -0.1) is 0 Å². The van der Waals surface area contributed by atoms with Crippen LogP contribution in [0.2, 0.25) is 0 Å². The number of nitrogens with zero attached hydrogens (tertiary/aromatic N) is 2. The maximum Gasteiger partial charge on any atom is 0.224 e. The van der Waals surface area contributed by atoms with Crippen molar-refractivity contribution in [3.05, 3.63) is 35.6 Å². The third kappa shape index (κ3) is 3.00. The van der Waals surface area contributed by atoms with Crippen LogP contribution in [0.25, 0.3) is 11.0 Å². The molecule has 3 heterocycles. The van der Waals surface area contributed by atoms with Gasteiger partial charge in [-0.3, -0.25) is 4.79 Å². The van der Waals surface area contributed by atoms with Crippen LogP contribution in [0.15, 0.2) is 28.7 Å². The van der Waals surface area contributed by atoms with Crippen LogP contribution >= 0.6 is 0 Å². The predicted octanol–water partition coefficient (Wildman–Crippen LogP) is 3.19. The zero-order valence-corrected chi connectivity index (χ0v) is 13.6. The molecular weight excluding hydrogens is 288 g/mol. The summed E-state index contributed by atoms with van der Waals surface area (Å²) in [6.07, 6.45) is 5.38. The van der Waals surface area contributed by atoms with Crippen molar-refractivity contribution < 1.29 is 9.21 Å². The van der Waals surface area contributed by atoms with Crippen molar-refractivity contribution in [1.29, 1.82) is 0 Å². The van der Waals surface area contributed by atoms with Gasteiger partial charge >= 0.3 is 0 Å². The van der Waals surface area contributed by atoms with Gasteiger partial charge in [-0.25, -0.2) is 0 Å². The maximum atomic E-state index is 12.6. The first kappa shape index (κ1) is 14.8. The monoisotopic (exact) mass is 312 g/mol. The molecule has 2 aliphatic heterocycles. The standard InChI is InChI=1S/C19H24N2O2/c22-19(9-12-20-10-4-1-5-11-20)21-13-8-18-16(14-21)15-6-2-3-7-17(15)23-18/h2-3,6-7H,1,4-5,8-14H2. The molecule has 0 atom stereocenters. The summed E-state index contributed by atoms with van der Waals surface area (Å²) in [5.74, 6) is 1.35. The second-order valence-corrected chi connectivity index (χ2v) is 6.72. The lowest BCUT2D eigenvalue weighted by Crippen LogP contribution is -2.38. The number of carbonyl (C=O) groups is 1. The summed E-state index contributed by atoms with van der Waals surface area (Å²) in [4.78, 5) is 17.0. The molecular formula is C19H24N2O2. The summed E-state index contributed by atoms with van der Waals surface area (Å²) in [7, 11) is 0. The molecule has 0 spiro atoms. The van der Waals surface area contributed by atoms with Gasteiger partial charge in [-0.1, -0.05) is 24.6 Å². The Morgan fingerprint density at radius 1 is 1.09 bits per heavy atom. The van der Waals surface area contributed by atoms with Crippen molar-refractivity contribution in [2.45, 2.75) is 38.6 Å². The van der Waals surface area contributed by atoms with Crippen LogP contribution in [0.5, 0.6) is 0 Å². The van der Waals surface area contributed by atoms with Gasteiger partial charge in [0, 0.05) is 43.4 Å². The molecule has 0 aliphatic carbocycles. The van der Waals surface area contributed by atoms with Crippen molar-refractivity contribution in [2.75, 3.05) is 26.2 Å². The highest BCUT2D eigenvalue weighted by molar-refractivity contribution is 5.84. The molecule has 1 fully saturated rings. The van der Waals surface area contributed by atoms with Crippen LogP contribution in [-0.2, 0) is 17.8 Å². The summed E-state index contributed by atoms with van der Waals surface area (Å²) in [6, 6.07) is 8.14. The molecule has 4 rings (SSSR count). The summed E-state index contributed by atoms with van der Waals surface area (Å²) >= 11 is 0. The molecule has 1 saturated heterocycles. The summed E-state index contributed by atoms with van der Waals surface area (Å²) < 4.78 is 5.93. The fourth-order valence-electron chi connectivity index (χ4n) is 3.84. The minimum Gasteiger partial charge on any atom is -0.461 e. The van der Waals surface area contributed by atoms with E-state index in [4.69, 9.17) is 4.42 Å². The maximum absolute atomic E-state index is 12.6. The van der Waals surface area contributed by atoms with E-state index >= 15 is 0 Å². The SMILES string of the molecule is O=C(CCN1CCCCC1)N1CCc2oc3ccccc3c2C1. The molecule has 0 N–H and O–H groups in total. The smallest absolute Gasteiger partial charge is 0.224 e. The van der Waals surface area contributed by atoms with E-state index in [0.717, 1.165) is 49.3 Å². The summed E-state index contributed by atoms with van der Waals surface area (Å²) in [6.45, 7) is 4.71. The van der Waals surface area contributed by atoms with Crippen molar-refractivity contribution >= 4 is 16.9 Å². The highest BCUT2D eigenvalue weighted by atomic mass is 16.3. The molecule has 0 radical (unpaired) electrons. The first-order valence-electron chi connectivity index (χ1n) is 8.81. The number of furan rings is 1. The van der Waals surface area contributed by atoms with E-state index in [2.05, 4.69) is 11.0 Å². The van der Waals surface area contributed by atoms with E-state index < -0.39 is 0 Å². The van der Waals surface area contributed by atoms with E-state index in [1.807, 2.05) is 23.1 Å². The quantitative estimate of drug-likeness (QED) is 0.873. The topological polar surface area (TPSA) is 36.7 Å². The zero-order chi connectivity index (χ0) is 15.6. The van der Waals surface area contributed by atoms with E-state index in [1.165, 1.54) is 24.8 Å². The average molecular weight is 312 g/mol. The van der Waals surface area contributed by atoms with Crippen LogP contribution in [0.1, 0.15) is 37.0 Å². The van der Waals surface area contributed by atoms with Crippen LogP contribution in [0.4, 0.5) is 0 Å². The highest BCUT2D eigenvalue weighted by Crippen LogP contribution is 2.30. The number of carbonyl (C=O) groups excluding carboxylic acids is 1. The summed E-state index contributed by atoms with van der Waals surface area (Å²) in [5.41, 5.74) is 2.15. The molecule has 0 bridgehead atoms. The zero-order valence-electron chi connectivity index (χ0n) is 13.6. The number of benzene rings is 1. The first-order valence-corrected chi connectivity index (χ1v) is 8.81. The van der Waals surface area contributed by atoms with Gasteiger partial charge in [0.1, 0.15) is 11.3 Å². The molecule has 2 aliphatic rings. The van der Waals surface area contributed by atoms with Crippen LogP contribution in [0, 0.1) is 0 Å². The Morgan fingerprint density at radius 2 is 1.91 bits per heavy atom. The second kappa shape index (κ2) is 6.36. The molecule has 1 aromatic carbocycles. The van der Waals surface area contributed by atoms with Gasteiger partial charge < -0.3 is 14.2 Å². The highest BCUT2D eigenvalue weighted by Gasteiger charge is 2.25. The Kier molecular flexibility index (Phi) is 4.08. The number of para-hydroxylation sites is 1. The lowest BCUT2D eigenvalue weighted by molar-refractivity contribution is -0.132. The van der Waals surface area contributed by atoms with Gasteiger partial charge in [0.15, 0.2) is 0 Å². The van der Waals surface area contributed by atoms with E-state index in [0.29, 0.717) is 13.0 Å². The molecule has 23 heavy (non-hydrogen) atoms. The minimum absolute atomic E-state index is 0.284. The number of fused-ring (bicyclic) bond motifs is 3. The molecule has 2 aromatic rings. The third-order valence-electron chi connectivity index (χ3n) is 5.18. The fraction of sp³-hybridized carbons (Fsp3) is 0.526. The van der Waals surface area contributed by atoms with Crippen molar-refractivity contribution in [3.8, 4) is 0 Å². The van der Waals surface area contributed by atoms with Crippen LogP contribution < -0.4 is 0 Å². The Bertz CT molecular complexity index is 700. The Morgan fingerprint density at radius 3 is 2.78 bits per heavy atom. The van der Waals surface area contributed by atoms with Crippen molar-refractivity contribution in [2.24, 2.45) is 0 Å². The number of likely N-dealkylation sites (tertiary alicyclic amines) is 1. The third-order valence-corrected chi connectivity index (χ3v) is 5.18. The van der Waals surface area contributed by atoms with Gasteiger partial charge in [-0.2, -0.15) is 0 Å². The number of amides is 1. The number of rotatable bonds is 3. The number of hydrogen-bond acceptors (Lipinski definition) is 3. The average Bonchev–Trinajstić information content (AvgIpc) is 2.98. The van der Waals surface area contributed by atoms with Gasteiger partial charge in [-0.05, 0) is 32.0 Å². The molecule has 1 amide bonds. The molecule has 0 unspecified atom stereocenters. The molecule has 4 nitrogen and oxygen atoms in total. The molecule has 1 aromatic heterocycles. The Hall–Kier alpha value is -1.81. The Balaban J connectivity index is 1.41. The van der Waals surface area contributed by atoms with Gasteiger partial charge in [0.2, 0.25) is 5.91 Å². The lowest BCUT2D eigenvalue weighted by Gasteiger charge is -2.29. The molecule has 0 saturated carbocycles.